The zero-order valence-corrected chi connectivity index (χ0v) is 18.4. The first-order valence-corrected chi connectivity index (χ1v) is 9.92. The van der Waals surface area contributed by atoms with Gasteiger partial charge in [-0.15, -0.1) is 0 Å². The van der Waals surface area contributed by atoms with E-state index in [-0.39, 0.29) is 17.3 Å². The third kappa shape index (κ3) is 6.67. The number of ether oxygens (including phenoxy) is 3. The summed E-state index contributed by atoms with van der Waals surface area (Å²) in [5.74, 6) is 0.0926. The van der Waals surface area contributed by atoms with Gasteiger partial charge in [0.05, 0.1) is 24.7 Å². The molecule has 0 fully saturated rings. The standard InChI is InChI=1S/C22H27N3O7/c1-14(16-8-9-19(20(13-16)31-4)32-11-10-30-3)23-21(26)15(2)24-22(27)17-6-5-7-18(12-17)25(28)29/h5-9,12-15H,10-11H2,1-4H3,(H,23,26)(H,24,27). The summed E-state index contributed by atoms with van der Waals surface area (Å²) in [4.78, 5) is 35.2. The van der Waals surface area contributed by atoms with Crippen LogP contribution in [0.4, 0.5) is 5.69 Å². The molecule has 10 heteroatoms. The Bertz CT molecular complexity index is 964. The second kappa shape index (κ2) is 11.7. The van der Waals surface area contributed by atoms with Gasteiger partial charge in [-0.25, -0.2) is 0 Å². The summed E-state index contributed by atoms with van der Waals surface area (Å²) >= 11 is 0. The number of nitro groups is 1. The Labute approximate surface area is 186 Å². The number of benzene rings is 2. The lowest BCUT2D eigenvalue weighted by Crippen LogP contribution is -2.45. The van der Waals surface area contributed by atoms with Crippen molar-refractivity contribution in [1.29, 1.82) is 0 Å². The molecular weight excluding hydrogens is 418 g/mol. The van der Waals surface area contributed by atoms with E-state index in [1.165, 1.54) is 32.2 Å². The minimum absolute atomic E-state index is 0.0979. The van der Waals surface area contributed by atoms with Crippen LogP contribution in [0.2, 0.25) is 0 Å². The highest BCUT2D eigenvalue weighted by molar-refractivity contribution is 5.97. The first kappa shape index (κ1) is 24.6. The maximum atomic E-state index is 12.6. The van der Waals surface area contributed by atoms with Gasteiger partial charge < -0.3 is 24.8 Å². The highest BCUT2D eigenvalue weighted by Crippen LogP contribution is 2.30. The topological polar surface area (TPSA) is 129 Å². The fraction of sp³-hybridized carbons (Fsp3) is 0.364. The van der Waals surface area contributed by atoms with Gasteiger partial charge in [-0.05, 0) is 37.6 Å². The lowest BCUT2D eigenvalue weighted by Gasteiger charge is -2.20. The highest BCUT2D eigenvalue weighted by atomic mass is 16.6. The molecule has 2 aromatic rings. The van der Waals surface area contributed by atoms with Gasteiger partial charge >= 0.3 is 0 Å². The van der Waals surface area contributed by atoms with Crippen molar-refractivity contribution in [3.63, 3.8) is 0 Å². The van der Waals surface area contributed by atoms with Crippen LogP contribution in [-0.4, -0.2) is 50.2 Å². The summed E-state index contributed by atoms with van der Waals surface area (Å²) in [6.45, 7) is 4.15. The van der Waals surface area contributed by atoms with Gasteiger partial charge in [0.2, 0.25) is 5.91 Å². The summed E-state index contributed by atoms with van der Waals surface area (Å²) in [5.41, 5.74) is 0.680. The Morgan fingerprint density at radius 3 is 2.44 bits per heavy atom. The Morgan fingerprint density at radius 1 is 1.03 bits per heavy atom. The molecule has 32 heavy (non-hydrogen) atoms. The Hall–Kier alpha value is -3.66. The number of nitro benzene ring substituents is 1. The van der Waals surface area contributed by atoms with Crippen LogP contribution < -0.4 is 20.1 Å². The molecule has 2 amide bonds. The van der Waals surface area contributed by atoms with Crippen molar-refractivity contribution >= 4 is 17.5 Å². The molecule has 2 aromatic carbocycles. The third-order valence-electron chi connectivity index (χ3n) is 4.65. The number of methoxy groups -OCH3 is 2. The predicted molar refractivity (Wildman–Crippen MR) is 117 cm³/mol. The first-order valence-electron chi connectivity index (χ1n) is 9.92. The van der Waals surface area contributed by atoms with Gasteiger partial charge in [0, 0.05) is 24.8 Å². The Morgan fingerprint density at radius 2 is 1.78 bits per heavy atom. The first-order chi connectivity index (χ1) is 15.3. The average Bonchev–Trinajstić information content (AvgIpc) is 2.79. The molecule has 0 bridgehead atoms. The summed E-state index contributed by atoms with van der Waals surface area (Å²) in [7, 11) is 3.11. The van der Waals surface area contributed by atoms with Crippen LogP contribution >= 0.6 is 0 Å². The molecule has 0 heterocycles. The number of carbonyl (C=O) groups excluding carboxylic acids is 2. The molecule has 0 aromatic heterocycles. The van der Waals surface area contributed by atoms with Gasteiger partial charge in [-0.1, -0.05) is 12.1 Å². The number of carbonyl (C=O) groups is 2. The number of non-ortho nitro benzene ring substituents is 1. The molecule has 0 aliphatic carbocycles. The smallest absolute Gasteiger partial charge is 0.270 e. The van der Waals surface area contributed by atoms with Crippen molar-refractivity contribution in [3.05, 3.63) is 63.7 Å². The second-order valence-corrected chi connectivity index (χ2v) is 6.98. The van der Waals surface area contributed by atoms with E-state index in [1.807, 2.05) is 6.07 Å². The van der Waals surface area contributed by atoms with Crippen molar-refractivity contribution in [2.45, 2.75) is 25.9 Å². The van der Waals surface area contributed by atoms with Gasteiger partial charge in [0.25, 0.3) is 11.6 Å². The quantitative estimate of drug-likeness (QED) is 0.309. The number of nitrogens with one attached hydrogen (secondary N) is 2. The van der Waals surface area contributed by atoms with E-state index in [4.69, 9.17) is 14.2 Å². The van der Waals surface area contributed by atoms with E-state index in [2.05, 4.69) is 10.6 Å². The fourth-order valence-electron chi connectivity index (χ4n) is 2.84. The molecule has 2 atom stereocenters. The van der Waals surface area contributed by atoms with E-state index >= 15 is 0 Å². The van der Waals surface area contributed by atoms with Gasteiger partial charge in [0.15, 0.2) is 11.5 Å². The largest absolute Gasteiger partial charge is 0.493 e. The summed E-state index contributed by atoms with van der Waals surface area (Å²) < 4.78 is 15.9. The van der Waals surface area contributed by atoms with Crippen LogP contribution in [-0.2, 0) is 9.53 Å². The fourth-order valence-corrected chi connectivity index (χ4v) is 2.84. The third-order valence-corrected chi connectivity index (χ3v) is 4.65. The number of rotatable bonds is 11. The van der Waals surface area contributed by atoms with Crippen LogP contribution in [0.15, 0.2) is 42.5 Å². The lowest BCUT2D eigenvalue weighted by molar-refractivity contribution is -0.384. The Balaban J connectivity index is 1.99. The summed E-state index contributed by atoms with van der Waals surface area (Å²) in [5, 5.41) is 16.3. The maximum absolute atomic E-state index is 12.6. The van der Waals surface area contributed by atoms with Crippen LogP contribution in [0.25, 0.3) is 0 Å². The predicted octanol–water partition coefficient (Wildman–Crippen LogP) is 2.62. The summed E-state index contributed by atoms with van der Waals surface area (Å²) in [6, 6.07) is 9.39. The van der Waals surface area contributed by atoms with Crippen molar-refractivity contribution < 1.29 is 28.7 Å². The molecule has 2 unspecified atom stereocenters. The monoisotopic (exact) mass is 445 g/mol. The van der Waals surface area contributed by atoms with E-state index in [0.717, 1.165) is 11.6 Å². The maximum Gasteiger partial charge on any atom is 0.270 e. The lowest BCUT2D eigenvalue weighted by atomic mass is 10.1. The van der Waals surface area contributed by atoms with Crippen molar-refractivity contribution in [1.82, 2.24) is 10.6 Å². The minimum Gasteiger partial charge on any atom is -0.493 e. The van der Waals surface area contributed by atoms with Gasteiger partial charge in [-0.2, -0.15) is 0 Å². The second-order valence-electron chi connectivity index (χ2n) is 6.98. The average molecular weight is 445 g/mol. The number of amides is 2. The van der Waals surface area contributed by atoms with Gasteiger partial charge in [-0.3, -0.25) is 19.7 Å². The number of hydrogen-bond donors (Lipinski definition) is 2. The molecule has 2 rings (SSSR count). The van der Waals surface area contributed by atoms with Crippen molar-refractivity contribution in [2.75, 3.05) is 27.4 Å². The molecule has 0 aliphatic rings. The molecule has 0 aliphatic heterocycles. The minimum atomic E-state index is -0.859. The van der Waals surface area contributed by atoms with Gasteiger partial charge in [0.1, 0.15) is 12.6 Å². The number of nitrogens with zero attached hydrogens (tertiary/aromatic N) is 1. The van der Waals surface area contributed by atoms with E-state index < -0.39 is 22.8 Å². The Kier molecular flexibility index (Phi) is 8.96. The van der Waals surface area contributed by atoms with Crippen molar-refractivity contribution in [3.8, 4) is 11.5 Å². The SMILES string of the molecule is COCCOc1ccc(C(C)NC(=O)C(C)NC(=O)c2cccc([N+](=O)[O-])c2)cc1OC. The number of hydrogen-bond acceptors (Lipinski definition) is 7. The molecule has 0 saturated carbocycles. The van der Waals surface area contributed by atoms with E-state index in [9.17, 15) is 19.7 Å². The molecule has 0 radical (unpaired) electrons. The van der Waals surface area contributed by atoms with E-state index in [1.54, 1.807) is 26.2 Å². The molecule has 2 N–H and O–H groups in total. The molecule has 172 valence electrons. The highest BCUT2D eigenvalue weighted by Gasteiger charge is 2.20. The van der Waals surface area contributed by atoms with Crippen LogP contribution in [0.1, 0.15) is 35.8 Å². The zero-order valence-electron chi connectivity index (χ0n) is 18.4. The van der Waals surface area contributed by atoms with Crippen LogP contribution in [0.3, 0.4) is 0 Å². The molecule has 10 nitrogen and oxygen atoms in total. The normalized spacial score (nSPS) is 12.4. The summed E-state index contributed by atoms with van der Waals surface area (Å²) in [6.07, 6.45) is 0. The molecular formula is C22H27N3O7. The van der Waals surface area contributed by atoms with Crippen LogP contribution in [0, 0.1) is 10.1 Å². The van der Waals surface area contributed by atoms with Crippen molar-refractivity contribution in [2.24, 2.45) is 0 Å². The molecule has 0 spiro atoms. The molecule has 0 saturated heterocycles. The van der Waals surface area contributed by atoms with Crippen LogP contribution in [0.5, 0.6) is 11.5 Å². The zero-order chi connectivity index (χ0) is 23.7. The van der Waals surface area contributed by atoms with E-state index in [0.29, 0.717) is 24.7 Å².